The Morgan fingerprint density at radius 3 is 2.42 bits per heavy atom. The number of amides is 1. The zero-order chi connectivity index (χ0) is 19.1. The summed E-state index contributed by atoms with van der Waals surface area (Å²) in [5, 5.41) is 2.70. The summed E-state index contributed by atoms with van der Waals surface area (Å²) in [6.07, 6.45) is 1.11. The van der Waals surface area contributed by atoms with E-state index in [2.05, 4.69) is 5.32 Å². The zero-order valence-electron chi connectivity index (χ0n) is 14.7. The third-order valence-corrected chi connectivity index (χ3v) is 5.37. The molecule has 0 saturated heterocycles. The number of anilines is 1. The molecule has 136 valence electrons. The molecule has 1 heterocycles. The van der Waals surface area contributed by atoms with Crippen molar-refractivity contribution < 1.29 is 13.2 Å². The summed E-state index contributed by atoms with van der Waals surface area (Å²) >= 11 is 0. The van der Waals surface area contributed by atoms with Gasteiger partial charge in [-0.05, 0) is 36.8 Å². The Kier molecular flexibility index (Phi) is 4.45. The van der Waals surface area contributed by atoms with E-state index in [0.717, 1.165) is 17.3 Å². The van der Waals surface area contributed by atoms with E-state index in [4.69, 9.17) is 0 Å². The molecule has 0 fully saturated rings. The van der Waals surface area contributed by atoms with Crippen molar-refractivity contribution in [3.8, 4) is 0 Å². The molecule has 0 unspecified atom stereocenters. The van der Waals surface area contributed by atoms with Gasteiger partial charge in [0.1, 0.15) is 6.54 Å². The lowest BCUT2D eigenvalue weighted by molar-refractivity contribution is -0.116. The second-order valence-corrected chi connectivity index (χ2v) is 8.23. The molecule has 0 atom stereocenters. The van der Waals surface area contributed by atoms with Crippen LogP contribution in [-0.2, 0) is 28.2 Å². The Morgan fingerprint density at radius 1 is 1.12 bits per heavy atom. The molecule has 1 amide bonds. The molecule has 1 aromatic heterocycles. The number of imidazole rings is 1. The van der Waals surface area contributed by atoms with Crippen LogP contribution in [0, 0.1) is 6.92 Å². The van der Waals surface area contributed by atoms with Crippen LogP contribution in [0.5, 0.6) is 0 Å². The number of nitrogens with one attached hydrogen (secondary N) is 1. The number of benzene rings is 2. The van der Waals surface area contributed by atoms with Gasteiger partial charge in [-0.15, -0.1) is 0 Å². The number of carbonyl (C=O) groups excluding carboxylic acids is 1. The minimum atomic E-state index is -3.38. The predicted molar refractivity (Wildman–Crippen MR) is 100 cm³/mol. The Bertz CT molecular complexity index is 1170. The van der Waals surface area contributed by atoms with Crippen molar-refractivity contribution in [3.63, 3.8) is 0 Å². The molecule has 0 radical (unpaired) electrons. The van der Waals surface area contributed by atoms with Crippen LogP contribution in [0.1, 0.15) is 5.56 Å². The topological polar surface area (TPSA) is 90.2 Å². The third kappa shape index (κ3) is 3.28. The first kappa shape index (κ1) is 17.9. The van der Waals surface area contributed by atoms with E-state index >= 15 is 0 Å². The van der Waals surface area contributed by atoms with Crippen LogP contribution in [0.4, 0.5) is 5.69 Å². The number of nitrogens with zero attached hydrogens (tertiary/aromatic N) is 2. The number of hydrogen-bond donors (Lipinski definition) is 1. The average molecular weight is 373 g/mol. The number of aromatic nitrogens is 2. The molecule has 0 saturated carbocycles. The number of fused-ring (bicyclic) bond motifs is 1. The Hall–Kier alpha value is -2.87. The van der Waals surface area contributed by atoms with Crippen molar-refractivity contribution in [3.05, 3.63) is 58.5 Å². The number of rotatable bonds is 4. The monoisotopic (exact) mass is 373 g/mol. The lowest BCUT2D eigenvalue weighted by atomic mass is 10.2. The number of hydrogen-bond acceptors (Lipinski definition) is 4. The maximum Gasteiger partial charge on any atom is 0.329 e. The summed E-state index contributed by atoms with van der Waals surface area (Å²) in [6.45, 7) is 1.61. The quantitative estimate of drug-likeness (QED) is 0.754. The number of carbonyl (C=O) groups is 1. The highest BCUT2D eigenvalue weighted by molar-refractivity contribution is 7.90. The highest BCUT2D eigenvalue weighted by Gasteiger charge is 2.15. The summed E-state index contributed by atoms with van der Waals surface area (Å²) < 4.78 is 26.3. The second-order valence-electron chi connectivity index (χ2n) is 6.21. The van der Waals surface area contributed by atoms with Gasteiger partial charge in [0.05, 0.1) is 15.9 Å². The van der Waals surface area contributed by atoms with E-state index in [1.54, 1.807) is 32.2 Å². The molecular weight excluding hydrogens is 354 g/mol. The van der Waals surface area contributed by atoms with Crippen molar-refractivity contribution in [2.75, 3.05) is 11.6 Å². The molecule has 1 N–H and O–H groups in total. The molecule has 3 aromatic rings. The number of aryl methyl sites for hydroxylation is 2. The summed E-state index contributed by atoms with van der Waals surface area (Å²) in [6, 6.07) is 11.8. The van der Waals surface area contributed by atoms with Crippen molar-refractivity contribution >= 4 is 32.5 Å². The maximum atomic E-state index is 12.5. The molecule has 26 heavy (non-hydrogen) atoms. The summed E-state index contributed by atoms with van der Waals surface area (Å²) in [5.41, 5.74) is 2.25. The van der Waals surface area contributed by atoms with E-state index in [0.29, 0.717) is 11.2 Å². The Labute approximate surface area is 150 Å². The smallest absolute Gasteiger partial charge is 0.324 e. The summed E-state index contributed by atoms with van der Waals surface area (Å²) in [5.74, 6) is -0.405. The van der Waals surface area contributed by atoms with E-state index in [-0.39, 0.29) is 17.1 Å². The fourth-order valence-corrected chi connectivity index (χ4v) is 3.46. The van der Waals surface area contributed by atoms with Crippen molar-refractivity contribution in [1.29, 1.82) is 0 Å². The van der Waals surface area contributed by atoms with E-state index < -0.39 is 15.7 Å². The molecule has 7 nitrogen and oxygen atoms in total. The third-order valence-electron chi connectivity index (χ3n) is 4.26. The predicted octanol–water partition coefficient (Wildman–Crippen LogP) is 1.69. The average Bonchev–Trinajstić information content (AvgIpc) is 2.81. The molecule has 8 heteroatoms. The van der Waals surface area contributed by atoms with Crippen LogP contribution in [0.15, 0.2) is 52.2 Å². The lowest BCUT2D eigenvalue weighted by Crippen LogP contribution is -2.28. The van der Waals surface area contributed by atoms with Gasteiger partial charge in [0.15, 0.2) is 9.84 Å². The fraction of sp³-hybridized carbons (Fsp3) is 0.222. The van der Waals surface area contributed by atoms with Crippen molar-refractivity contribution in [1.82, 2.24) is 9.13 Å². The number of sulfone groups is 1. The molecule has 0 bridgehead atoms. The molecule has 0 aliphatic rings. The Balaban J connectivity index is 1.92. The van der Waals surface area contributed by atoms with Gasteiger partial charge in [0.2, 0.25) is 5.91 Å². The summed E-state index contributed by atoms with van der Waals surface area (Å²) in [7, 11) is -1.73. The number of para-hydroxylation sites is 2. The first-order valence-electron chi connectivity index (χ1n) is 7.93. The van der Waals surface area contributed by atoms with Gasteiger partial charge in [0, 0.05) is 19.0 Å². The van der Waals surface area contributed by atoms with Gasteiger partial charge in [0.25, 0.3) is 0 Å². The van der Waals surface area contributed by atoms with E-state index in [1.807, 2.05) is 12.1 Å². The van der Waals surface area contributed by atoms with Crippen LogP contribution in [0.3, 0.4) is 0 Å². The Morgan fingerprint density at radius 2 is 1.77 bits per heavy atom. The largest absolute Gasteiger partial charge is 0.329 e. The van der Waals surface area contributed by atoms with Gasteiger partial charge >= 0.3 is 5.69 Å². The minimum Gasteiger partial charge on any atom is -0.324 e. The standard InChI is InChI=1S/C18H19N3O4S/c1-12-8-9-13(26(3,24)25)10-14(12)19-17(22)11-21-16-7-5-4-6-15(16)20(2)18(21)23/h4-10H,11H2,1-3H3,(H,19,22). The van der Waals surface area contributed by atoms with Crippen LogP contribution in [0.25, 0.3) is 11.0 Å². The van der Waals surface area contributed by atoms with Gasteiger partial charge in [-0.3, -0.25) is 13.9 Å². The fourth-order valence-electron chi connectivity index (χ4n) is 2.82. The molecule has 0 aliphatic carbocycles. The molecule has 0 aliphatic heterocycles. The van der Waals surface area contributed by atoms with Crippen LogP contribution >= 0.6 is 0 Å². The lowest BCUT2D eigenvalue weighted by Gasteiger charge is -2.10. The van der Waals surface area contributed by atoms with Gasteiger partial charge in [-0.1, -0.05) is 18.2 Å². The minimum absolute atomic E-state index is 0.126. The highest BCUT2D eigenvalue weighted by Crippen LogP contribution is 2.20. The first-order valence-corrected chi connectivity index (χ1v) is 9.82. The second kappa shape index (κ2) is 6.45. The van der Waals surface area contributed by atoms with Gasteiger partial charge < -0.3 is 5.32 Å². The normalized spacial score (nSPS) is 11.7. The van der Waals surface area contributed by atoms with Crippen LogP contribution < -0.4 is 11.0 Å². The van der Waals surface area contributed by atoms with Crippen molar-refractivity contribution in [2.45, 2.75) is 18.4 Å². The van der Waals surface area contributed by atoms with Crippen LogP contribution in [0.2, 0.25) is 0 Å². The first-order chi connectivity index (χ1) is 12.2. The van der Waals surface area contributed by atoms with Crippen molar-refractivity contribution in [2.24, 2.45) is 7.05 Å². The molecule has 3 rings (SSSR count). The maximum absolute atomic E-state index is 12.5. The zero-order valence-corrected chi connectivity index (χ0v) is 15.5. The molecule has 2 aromatic carbocycles. The highest BCUT2D eigenvalue weighted by atomic mass is 32.2. The van der Waals surface area contributed by atoms with E-state index in [1.165, 1.54) is 21.3 Å². The molecule has 0 spiro atoms. The van der Waals surface area contributed by atoms with E-state index in [9.17, 15) is 18.0 Å². The SMILES string of the molecule is Cc1ccc(S(C)(=O)=O)cc1NC(=O)Cn1c(=O)n(C)c2ccccc21. The summed E-state index contributed by atoms with van der Waals surface area (Å²) in [4.78, 5) is 25.0. The van der Waals surface area contributed by atoms with Gasteiger partial charge in [-0.25, -0.2) is 13.2 Å². The van der Waals surface area contributed by atoms with Gasteiger partial charge in [-0.2, -0.15) is 0 Å². The molecular formula is C18H19N3O4S. The van der Waals surface area contributed by atoms with Crippen LogP contribution in [-0.4, -0.2) is 29.7 Å².